The van der Waals surface area contributed by atoms with Gasteiger partial charge in [-0.3, -0.25) is 0 Å². The molecule has 0 unspecified atom stereocenters. The van der Waals surface area contributed by atoms with Crippen molar-refractivity contribution in [3.8, 4) is 5.75 Å². The quantitative estimate of drug-likeness (QED) is 0.453. The Bertz CT molecular complexity index is 690. The molecule has 1 fully saturated rings. The lowest BCUT2D eigenvalue weighted by molar-refractivity contribution is -0.222. The van der Waals surface area contributed by atoms with Crippen LogP contribution in [0.4, 0.5) is 0 Å². The molecular formula is C18H20O5. The van der Waals surface area contributed by atoms with E-state index in [2.05, 4.69) is 13.8 Å². The second-order valence-corrected chi connectivity index (χ2v) is 6.97. The molecule has 2 aliphatic rings. The van der Waals surface area contributed by atoms with Crippen LogP contribution < -0.4 is 4.74 Å². The lowest BCUT2D eigenvalue weighted by atomic mass is 9.93. The smallest absolute Gasteiger partial charge is 0.348 e. The van der Waals surface area contributed by atoms with Gasteiger partial charge in [-0.1, -0.05) is 6.07 Å². The van der Waals surface area contributed by atoms with Crippen molar-refractivity contribution in [1.29, 1.82) is 0 Å². The molecule has 23 heavy (non-hydrogen) atoms. The molecule has 0 aliphatic carbocycles. The molecule has 0 N–H and O–H groups in total. The largest absolute Gasteiger partial charge is 0.488 e. The summed E-state index contributed by atoms with van der Waals surface area (Å²) in [6.45, 7) is 7.17. The Kier molecular flexibility index (Phi) is 3.47. The van der Waals surface area contributed by atoms with Gasteiger partial charge in [0.15, 0.2) is 0 Å². The molecule has 1 aromatic rings. The molecule has 0 aromatic heterocycles. The molecule has 1 aromatic carbocycles. The summed E-state index contributed by atoms with van der Waals surface area (Å²) in [4.78, 5) is 24.0. The maximum atomic E-state index is 12.0. The molecule has 2 aliphatic heterocycles. The summed E-state index contributed by atoms with van der Waals surface area (Å²) < 4.78 is 16.1. The summed E-state index contributed by atoms with van der Waals surface area (Å²) >= 11 is 0. The molecule has 0 amide bonds. The molecule has 0 radical (unpaired) electrons. The monoisotopic (exact) mass is 316 g/mol. The number of aryl methyl sites for hydroxylation is 1. The average molecular weight is 316 g/mol. The van der Waals surface area contributed by atoms with Gasteiger partial charge < -0.3 is 14.2 Å². The van der Waals surface area contributed by atoms with Crippen LogP contribution in [0, 0.1) is 0 Å². The first kappa shape index (κ1) is 15.6. The fourth-order valence-electron chi connectivity index (χ4n) is 2.71. The first-order valence-corrected chi connectivity index (χ1v) is 7.66. The van der Waals surface area contributed by atoms with Crippen LogP contribution in [0.2, 0.25) is 0 Å². The zero-order valence-corrected chi connectivity index (χ0v) is 13.8. The number of benzene rings is 1. The Balaban J connectivity index is 1.89. The first-order chi connectivity index (χ1) is 10.7. The summed E-state index contributed by atoms with van der Waals surface area (Å²) in [6, 6.07) is 5.61. The average Bonchev–Trinajstić information content (AvgIpc) is 2.41. The Morgan fingerprint density at radius 1 is 1.00 bits per heavy atom. The number of cyclic esters (lactones) is 2. The number of hydrogen-bond donors (Lipinski definition) is 0. The number of rotatable bonds is 1. The van der Waals surface area contributed by atoms with Crippen LogP contribution in [0.3, 0.4) is 0 Å². The molecule has 0 saturated carbocycles. The van der Waals surface area contributed by atoms with Gasteiger partial charge in [0.1, 0.15) is 16.9 Å². The third kappa shape index (κ3) is 3.23. The highest BCUT2D eigenvalue weighted by Gasteiger charge is 2.38. The molecule has 5 nitrogen and oxygen atoms in total. The molecule has 122 valence electrons. The summed E-state index contributed by atoms with van der Waals surface area (Å²) in [6.07, 6.45) is 3.31. The van der Waals surface area contributed by atoms with E-state index in [9.17, 15) is 9.59 Å². The maximum absolute atomic E-state index is 12.0. The van der Waals surface area contributed by atoms with Gasteiger partial charge in [0.2, 0.25) is 0 Å². The van der Waals surface area contributed by atoms with E-state index >= 15 is 0 Å². The Hall–Kier alpha value is -2.30. The molecule has 3 rings (SSSR count). The van der Waals surface area contributed by atoms with Crippen LogP contribution in [-0.2, 0) is 25.5 Å². The van der Waals surface area contributed by atoms with E-state index < -0.39 is 17.7 Å². The van der Waals surface area contributed by atoms with Crippen molar-refractivity contribution in [2.24, 2.45) is 0 Å². The fourth-order valence-corrected chi connectivity index (χ4v) is 2.71. The van der Waals surface area contributed by atoms with E-state index in [0.29, 0.717) is 0 Å². The second kappa shape index (κ2) is 5.11. The minimum atomic E-state index is -1.22. The van der Waals surface area contributed by atoms with Crippen LogP contribution in [0.25, 0.3) is 6.08 Å². The summed E-state index contributed by atoms with van der Waals surface area (Å²) in [5.74, 6) is -1.71. The third-order valence-electron chi connectivity index (χ3n) is 3.90. The number of carbonyl (C=O) groups is 2. The molecule has 2 heterocycles. The van der Waals surface area contributed by atoms with Crippen LogP contribution in [-0.4, -0.2) is 23.3 Å². The standard InChI is InChI=1S/C18H20O5/c1-17(2)8-7-12-9-11(5-6-14(12)21-17)10-13-15(19)22-18(3,4)23-16(13)20/h5-6,9-10H,7-8H2,1-4H3. The van der Waals surface area contributed by atoms with E-state index in [-0.39, 0.29) is 11.2 Å². The van der Waals surface area contributed by atoms with E-state index in [0.717, 1.165) is 29.7 Å². The van der Waals surface area contributed by atoms with Gasteiger partial charge in [0.25, 0.3) is 5.79 Å². The zero-order chi connectivity index (χ0) is 16.8. The Morgan fingerprint density at radius 2 is 1.65 bits per heavy atom. The predicted octanol–water partition coefficient (Wildman–Crippen LogP) is 3.01. The second-order valence-electron chi connectivity index (χ2n) is 6.97. The molecule has 5 heteroatoms. The topological polar surface area (TPSA) is 61.8 Å². The summed E-state index contributed by atoms with van der Waals surface area (Å²) in [5, 5.41) is 0. The van der Waals surface area contributed by atoms with Crippen LogP contribution >= 0.6 is 0 Å². The van der Waals surface area contributed by atoms with Gasteiger partial charge in [-0.15, -0.1) is 0 Å². The van der Waals surface area contributed by atoms with Crippen LogP contribution in [0.5, 0.6) is 5.75 Å². The number of ether oxygens (including phenoxy) is 3. The van der Waals surface area contributed by atoms with E-state index in [1.807, 2.05) is 18.2 Å². The molecule has 0 atom stereocenters. The Morgan fingerprint density at radius 3 is 2.30 bits per heavy atom. The van der Waals surface area contributed by atoms with Crippen LogP contribution in [0.15, 0.2) is 23.8 Å². The van der Waals surface area contributed by atoms with Gasteiger partial charge in [-0.05, 0) is 56.0 Å². The highest BCUT2D eigenvalue weighted by Crippen LogP contribution is 2.34. The first-order valence-electron chi connectivity index (χ1n) is 7.66. The number of carbonyl (C=O) groups excluding carboxylic acids is 2. The lowest BCUT2D eigenvalue weighted by Gasteiger charge is -2.32. The van der Waals surface area contributed by atoms with Crippen molar-refractivity contribution in [3.63, 3.8) is 0 Å². The van der Waals surface area contributed by atoms with Crippen molar-refractivity contribution >= 4 is 18.0 Å². The third-order valence-corrected chi connectivity index (χ3v) is 3.90. The van der Waals surface area contributed by atoms with Crippen molar-refractivity contribution in [3.05, 3.63) is 34.9 Å². The molecule has 1 saturated heterocycles. The van der Waals surface area contributed by atoms with Crippen molar-refractivity contribution in [2.45, 2.75) is 51.9 Å². The predicted molar refractivity (Wildman–Crippen MR) is 83.7 cm³/mol. The number of hydrogen-bond acceptors (Lipinski definition) is 5. The molecule has 0 bridgehead atoms. The Labute approximate surface area is 135 Å². The number of fused-ring (bicyclic) bond motifs is 1. The van der Waals surface area contributed by atoms with Gasteiger partial charge in [0.05, 0.1) is 0 Å². The van der Waals surface area contributed by atoms with Crippen molar-refractivity contribution in [1.82, 2.24) is 0 Å². The van der Waals surface area contributed by atoms with Crippen molar-refractivity contribution < 1.29 is 23.8 Å². The highest BCUT2D eigenvalue weighted by molar-refractivity contribution is 6.18. The van der Waals surface area contributed by atoms with Gasteiger partial charge in [-0.2, -0.15) is 0 Å². The van der Waals surface area contributed by atoms with E-state index in [1.54, 1.807) is 0 Å². The number of esters is 2. The highest BCUT2D eigenvalue weighted by atomic mass is 16.7. The molecule has 0 spiro atoms. The fraction of sp³-hybridized carbons (Fsp3) is 0.444. The van der Waals surface area contributed by atoms with Crippen LogP contribution in [0.1, 0.15) is 45.2 Å². The van der Waals surface area contributed by atoms with Gasteiger partial charge in [0, 0.05) is 13.8 Å². The zero-order valence-electron chi connectivity index (χ0n) is 13.8. The minimum absolute atomic E-state index is 0.0960. The summed E-state index contributed by atoms with van der Waals surface area (Å²) in [5.41, 5.74) is 1.55. The van der Waals surface area contributed by atoms with Gasteiger partial charge >= 0.3 is 11.9 Å². The van der Waals surface area contributed by atoms with E-state index in [1.165, 1.54) is 19.9 Å². The normalized spacial score (nSPS) is 21.7. The van der Waals surface area contributed by atoms with E-state index in [4.69, 9.17) is 14.2 Å². The summed E-state index contributed by atoms with van der Waals surface area (Å²) in [7, 11) is 0. The molecular weight excluding hydrogens is 296 g/mol. The van der Waals surface area contributed by atoms with Crippen molar-refractivity contribution in [2.75, 3.05) is 0 Å². The SMILES string of the molecule is CC1(C)CCc2cc(C=C3C(=O)OC(C)(C)OC3=O)ccc2O1. The van der Waals surface area contributed by atoms with Gasteiger partial charge in [-0.25, -0.2) is 9.59 Å². The maximum Gasteiger partial charge on any atom is 0.348 e. The lowest BCUT2D eigenvalue weighted by Crippen LogP contribution is -2.41. The minimum Gasteiger partial charge on any atom is -0.488 e.